The van der Waals surface area contributed by atoms with E-state index in [4.69, 9.17) is 0 Å². The Balaban J connectivity index is 0.00000320. The lowest BCUT2D eigenvalue weighted by Gasteiger charge is -2.48. The Labute approximate surface area is 221 Å². The minimum absolute atomic E-state index is 0. The maximum absolute atomic E-state index is 14.9. The van der Waals surface area contributed by atoms with Crippen LogP contribution >= 0.6 is 12.4 Å². The first-order valence-electron chi connectivity index (χ1n) is 12.3. The molecule has 4 atom stereocenters. The first-order chi connectivity index (χ1) is 17.3. The Bertz CT molecular complexity index is 1220. The normalized spacial score (nSPS) is 27.6. The molecule has 2 saturated heterocycles. The van der Waals surface area contributed by atoms with E-state index < -0.39 is 29.1 Å². The number of hydrogen-bond acceptors (Lipinski definition) is 5. The molecule has 0 aliphatic carbocycles. The van der Waals surface area contributed by atoms with Crippen LogP contribution in [0.25, 0.3) is 0 Å². The summed E-state index contributed by atoms with van der Waals surface area (Å²) in [6.45, 7) is 5.40. The molecule has 2 aliphatic heterocycles. The lowest BCUT2D eigenvalue weighted by molar-refractivity contribution is -0.152. The van der Waals surface area contributed by atoms with Crippen molar-refractivity contribution in [2.45, 2.75) is 25.4 Å². The van der Waals surface area contributed by atoms with Crippen molar-refractivity contribution < 1.29 is 18.7 Å². The Hall–Kier alpha value is -3.10. The Morgan fingerprint density at radius 1 is 1.00 bits per heavy atom. The second-order valence-corrected chi connectivity index (χ2v) is 10.1. The number of rotatable bonds is 4. The molecule has 196 valence electrons. The van der Waals surface area contributed by atoms with Crippen LogP contribution in [0, 0.1) is 29.4 Å². The summed E-state index contributed by atoms with van der Waals surface area (Å²) >= 11 is 0. The zero-order valence-electron chi connectivity index (χ0n) is 20.8. The predicted octanol–water partition coefficient (Wildman–Crippen LogP) is 4.40. The van der Waals surface area contributed by atoms with Crippen LogP contribution in [0.5, 0.6) is 0 Å². The van der Waals surface area contributed by atoms with E-state index in [1.165, 1.54) is 12.1 Å². The topological polar surface area (TPSA) is 69.6 Å². The van der Waals surface area contributed by atoms with E-state index >= 15 is 0 Å². The number of carbonyl (C=O) groups is 1. The number of aromatic nitrogens is 2. The standard InChI is InChI=1S/C28H30F2N4O2.ClH/c1-18-14-34(15-19(2)28(18,36)20-6-4-3-5-7-20)27(35)24-17-33(26-13-31-10-11-32-26)16-23(24)22-9-8-21(29)12-25(22)30;/h3-13,18-19,23-24,36H,14-17H2,1-2H3;1H/t18?,19?,23-,24+,28?;/m0./s1. The monoisotopic (exact) mass is 528 g/mol. The average Bonchev–Trinajstić information content (AvgIpc) is 3.32. The van der Waals surface area contributed by atoms with Gasteiger partial charge < -0.3 is 14.9 Å². The van der Waals surface area contributed by atoms with E-state index in [0.717, 1.165) is 11.6 Å². The summed E-state index contributed by atoms with van der Waals surface area (Å²) in [5.74, 6) is -2.21. The minimum Gasteiger partial charge on any atom is -0.384 e. The zero-order valence-corrected chi connectivity index (χ0v) is 21.6. The Morgan fingerprint density at radius 3 is 2.32 bits per heavy atom. The summed E-state index contributed by atoms with van der Waals surface area (Å²) in [5.41, 5.74) is 0.111. The zero-order chi connectivity index (χ0) is 25.4. The number of anilines is 1. The summed E-state index contributed by atoms with van der Waals surface area (Å²) in [5, 5.41) is 11.7. The third kappa shape index (κ3) is 4.92. The fourth-order valence-electron chi connectivity index (χ4n) is 6.00. The lowest BCUT2D eigenvalue weighted by Crippen LogP contribution is -2.57. The summed E-state index contributed by atoms with van der Waals surface area (Å²) in [7, 11) is 0. The summed E-state index contributed by atoms with van der Waals surface area (Å²) in [6, 6.07) is 13.1. The number of likely N-dealkylation sites (tertiary alicyclic amines) is 1. The molecule has 3 aromatic rings. The average molecular weight is 529 g/mol. The molecule has 3 heterocycles. The van der Waals surface area contributed by atoms with Gasteiger partial charge in [-0.05, 0) is 17.2 Å². The molecule has 1 aromatic heterocycles. The lowest BCUT2D eigenvalue weighted by atomic mass is 9.70. The van der Waals surface area contributed by atoms with Crippen LogP contribution in [0.15, 0.2) is 67.1 Å². The summed E-state index contributed by atoms with van der Waals surface area (Å²) < 4.78 is 28.5. The van der Waals surface area contributed by atoms with Crippen molar-refractivity contribution in [3.05, 3.63) is 89.9 Å². The van der Waals surface area contributed by atoms with E-state index in [9.17, 15) is 18.7 Å². The van der Waals surface area contributed by atoms with Gasteiger partial charge in [-0.3, -0.25) is 9.78 Å². The Kier molecular flexibility index (Phi) is 7.80. The van der Waals surface area contributed by atoms with E-state index in [2.05, 4.69) is 9.97 Å². The number of nitrogens with zero attached hydrogens (tertiary/aromatic N) is 4. The van der Waals surface area contributed by atoms with Gasteiger partial charge in [0, 0.05) is 62.4 Å². The van der Waals surface area contributed by atoms with Gasteiger partial charge in [0.15, 0.2) is 0 Å². The van der Waals surface area contributed by atoms with Crippen molar-refractivity contribution in [2.24, 2.45) is 17.8 Å². The van der Waals surface area contributed by atoms with E-state index in [1.54, 1.807) is 23.5 Å². The molecule has 2 unspecified atom stereocenters. The second kappa shape index (κ2) is 10.7. The van der Waals surface area contributed by atoms with Crippen LogP contribution < -0.4 is 4.90 Å². The maximum Gasteiger partial charge on any atom is 0.228 e. The van der Waals surface area contributed by atoms with E-state index in [1.807, 2.05) is 49.1 Å². The molecule has 9 heteroatoms. The largest absolute Gasteiger partial charge is 0.384 e. The van der Waals surface area contributed by atoms with Gasteiger partial charge in [-0.15, -0.1) is 12.4 Å². The van der Waals surface area contributed by atoms with Gasteiger partial charge in [-0.2, -0.15) is 0 Å². The SMILES string of the molecule is CC1CN(C(=O)[C@@H]2CN(c3cnccn3)C[C@H]2c2ccc(F)cc2F)CC(C)C1(O)c1ccccc1.Cl. The van der Waals surface area contributed by atoms with Gasteiger partial charge in [-0.25, -0.2) is 13.8 Å². The highest BCUT2D eigenvalue weighted by atomic mass is 35.5. The highest BCUT2D eigenvalue weighted by Gasteiger charge is 2.49. The third-order valence-corrected chi connectivity index (χ3v) is 7.91. The molecule has 37 heavy (non-hydrogen) atoms. The molecule has 0 spiro atoms. The molecule has 5 rings (SSSR count). The number of carbonyl (C=O) groups excluding carboxylic acids is 1. The fourth-order valence-corrected chi connectivity index (χ4v) is 6.00. The molecule has 6 nitrogen and oxygen atoms in total. The van der Waals surface area contributed by atoms with Gasteiger partial charge in [0.2, 0.25) is 5.91 Å². The smallest absolute Gasteiger partial charge is 0.228 e. The van der Waals surface area contributed by atoms with Gasteiger partial charge in [0.1, 0.15) is 17.5 Å². The molecule has 2 fully saturated rings. The fraction of sp³-hybridized carbons (Fsp3) is 0.393. The molecule has 0 saturated carbocycles. The van der Waals surface area contributed by atoms with Crippen molar-refractivity contribution in [1.82, 2.24) is 14.9 Å². The van der Waals surface area contributed by atoms with E-state index in [-0.39, 0.29) is 30.2 Å². The first kappa shape index (κ1) is 26.9. The van der Waals surface area contributed by atoms with E-state index in [0.29, 0.717) is 37.6 Å². The first-order valence-corrected chi connectivity index (χ1v) is 12.3. The molecular weight excluding hydrogens is 498 g/mol. The molecular formula is C28H31ClF2N4O2. The molecule has 1 N–H and O–H groups in total. The number of piperidine rings is 1. The number of halogens is 3. The van der Waals surface area contributed by atoms with Crippen LogP contribution in [-0.4, -0.2) is 52.1 Å². The van der Waals surface area contributed by atoms with Gasteiger partial charge >= 0.3 is 0 Å². The number of hydrogen-bond donors (Lipinski definition) is 1. The minimum atomic E-state index is -1.05. The van der Waals surface area contributed by atoms with Crippen molar-refractivity contribution in [3.63, 3.8) is 0 Å². The highest BCUT2D eigenvalue weighted by Crippen LogP contribution is 2.43. The third-order valence-electron chi connectivity index (χ3n) is 7.91. The number of aliphatic hydroxyl groups is 1. The number of benzene rings is 2. The van der Waals surface area contributed by atoms with Crippen molar-refractivity contribution in [3.8, 4) is 0 Å². The van der Waals surface area contributed by atoms with Gasteiger partial charge in [0.25, 0.3) is 0 Å². The summed E-state index contributed by atoms with van der Waals surface area (Å²) in [6.07, 6.45) is 4.77. The number of amides is 1. The maximum atomic E-state index is 14.9. The summed E-state index contributed by atoms with van der Waals surface area (Å²) in [4.78, 5) is 26.2. The molecule has 2 aliphatic rings. The van der Waals surface area contributed by atoms with Crippen LogP contribution in [0.2, 0.25) is 0 Å². The van der Waals surface area contributed by atoms with Crippen molar-refractivity contribution in [2.75, 3.05) is 31.1 Å². The second-order valence-electron chi connectivity index (χ2n) is 10.1. The van der Waals surface area contributed by atoms with Crippen molar-refractivity contribution >= 4 is 24.1 Å². The molecule has 0 bridgehead atoms. The molecule has 0 radical (unpaired) electrons. The molecule has 1 amide bonds. The van der Waals surface area contributed by atoms with Gasteiger partial charge in [-0.1, -0.05) is 50.2 Å². The van der Waals surface area contributed by atoms with Crippen LogP contribution in [0.3, 0.4) is 0 Å². The predicted molar refractivity (Wildman–Crippen MR) is 139 cm³/mol. The van der Waals surface area contributed by atoms with Crippen LogP contribution in [0.4, 0.5) is 14.6 Å². The molecule has 2 aromatic carbocycles. The van der Waals surface area contributed by atoms with Crippen LogP contribution in [-0.2, 0) is 10.4 Å². The van der Waals surface area contributed by atoms with Crippen LogP contribution in [0.1, 0.15) is 30.9 Å². The Morgan fingerprint density at radius 2 is 1.70 bits per heavy atom. The van der Waals surface area contributed by atoms with Crippen molar-refractivity contribution in [1.29, 1.82) is 0 Å². The highest BCUT2D eigenvalue weighted by molar-refractivity contribution is 5.85. The quantitative estimate of drug-likeness (QED) is 0.543. The van der Waals surface area contributed by atoms with Gasteiger partial charge in [0.05, 0.1) is 17.7 Å².